The fourth-order valence-corrected chi connectivity index (χ4v) is 7.86. The molecule has 3 aromatic rings. The number of nitrogens with zero attached hydrogens (tertiary/aromatic N) is 3. The summed E-state index contributed by atoms with van der Waals surface area (Å²) in [5.41, 5.74) is 11.9. The Balaban J connectivity index is 1.98. The van der Waals surface area contributed by atoms with E-state index in [1.54, 1.807) is 32.3 Å². The fraction of sp³-hybridized carbons (Fsp3) is 0.394. The summed E-state index contributed by atoms with van der Waals surface area (Å²) in [4.78, 5) is 5.12. The van der Waals surface area contributed by atoms with E-state index in [0.29, 0.717) is 5.75 Å². The van der Waals surface area contributed by atoms with Crippen molar-refractivity contribution in [2.24, 2.45) is 0 Å². The number of anilines is 2. The van der Waals surface area contributed by atoms with Crippen molar-refractivity contribution in [3.8, 4) is 5.75 Å². The summed E-state index contributed by atoms with van der Waals surface area (Å²) in [6.45, 7) is 18.7. The molecule has 0 unspecified atom stereocenters. The molecule has 8 heteroatoms. The summed E-state index contributed by atoms with van der Waals surface area (Å²) in [6.07, 6.45) is -0.0435. The molecule has 0 aliphatic carbocycles. The van der Waals surface area contributed by atoms with E-state index in [4.69, 9.17) is 4.74 Å². The molecule has 41 heavy (non-hydrogen) atoms. The molecule has 6 nitrogen and oxygen atoms in total. The van der Waals surface area contributed by atoms with Gasteiger partial charge < -0.3 is 0 Å². The van der Waals surface area contributed by atoms with Crippen LogP contribution in [0.2, 0.25) is 0 Å². The van der Waals surface area contributed by atoms with Crippen LogP contribution in [0.25, 0.3) is 0 Å². The minimum absolute atomic E-state index is 0.0435. The maximum absolute atomic E-state index is 13.0. The maximum atomic E-state index is 13.0. The fourth-order valence-electron chi connectivity index (χ4n) is 5.79. The number of sulfonamides is 1. The molecule has 4 rings (SSSR count). The van der Waals surface area contributed by atoms with Gasteiger partial charge in [-0.3, -0.25) is 0 Å². The molecule has 1 fully saturated rings. The average molecular weight is 593 g/mol. The van der Waals surface area contributed by atoms with Crippen molar-refractivity contribution in [1.29, 1.82) is 0 Å². The molecule has 1 heterocycles. The zero-order valence-electron chi connectivity index (χ0n) is 26.0. The summed E-state index contributed by atoms with van der Waals surface area (Å²) in [6, 6.07) is 14.1. The topological polar surface area (TPSA) is 53.1 Å². The Labute approximate surface area is 248 Å². The first kappa shape index (κ1) is 31.1. The third kappa shape index (κ3) is 6.48. The molecule has 0 spiro atoms. The second-order valence-electron chi connectivity index (χ2n) is 11.5. The molecule has 3 aromatic carbocycles. The Hall–Kier alpha value is -2.86. The van der Waals surface area contributed by atoms with Gasteiger partial charge in [0, 0.05) is 0 Å². The van der Waals surface area contributed by atoms with Crippen molar-refractivity contribution < 1.29 is 13.2 Å². The molecule has 0 atom stereocenters. The van der Waals surface area contributed by atoms with Gasteiger partial charge in [0.1, 0.15) is 0 Å². The van der Waals surface area contributed by atoms with E-state index >= 15 is 0 Å². The number of hydrogen-bond donors (Lipinski definition) is 0. The predicted octanol–water partition coefficient (Wildman–Crippen LogP) is 6.79. The van der Waals surface area contributed by atoms with Gasteiger partial charge in [-0.05, 0) is 0 Å². The second kappa shape index (κ2) is 12.2. The van der Waals surface area contributed by atoms with Crippen molar-refractivity contribution in [2.75, 3.05) is 37.0 Å². The molecule has 0 radical (unpaired) electrons. The monoisotopic (exact) mass is 592 g/mol. The van der Waals surface area contributed by atoms with Gasteiger partial charge in [0.25, 0.3) is 0 Å². The van der Waals surface area contributed by atoms with E-state index in [1.807, 2.05) is 13.8 Å². The molecule has 1 saturated heterocycles. The van der Waals surface area contributed by atoms with Crippen LogP contribution in [-0.2, 0) is 10.0 Å². The van der Waals surface area contributed by atoms with Crippen LogP contribution in [0.4, 0.5) is 11.4 Å². The average Bonchev–Trinajstić information content (AvgIpc) is 3.24. The Morgan fingerprint density at radius 3 is 1.68 bits per heavy atom. The molecule has 1 aliphatic heterocycles. The number of rotatable bonds is 7. The van der Waals surface area contributed by atoms with Crippen molar-refractivity contribution in [3.63, 3.8) is 0 Å². The van der Waals surface area contributed by atoms with Crippen LogP contribution in [0.5, 0.6) is 5.75 Å². The van der Waals surface area contributed by atoms with Crippen LogP contribution in [0, 0.1) is 41.5 Å². The molecule has 0 bridgehead atoms. The Kier molecular flexibility index (Phi) is 9.22. The number of hydrogen-bond acceptors (Lipinski definition) is 3. The molecule has 1 aliphatic rings. The first-order chi connectivity index (χ1) is 19.2. The Bertz CT molecular complexity index is 1540. The zero-order valence-corrected chi connectivity index (χ0v) is 27.7. The van der Waals surface area contributed by atoms with Gasteiger partial charge in [0.15, 0.2) is 0 Å². The third-order valence-electron chi connectivity index (χ3n) is 7.28. The summed E-state index contributed by atoms with van der Waals surface area (Å²) in [5.74, 6) is 2.76. The van der Waals surface area contributed by atoms with Gasteiger partial charge in [-0.2, -0.15) is 0 Å². The summed E-state index contributed by atoms with van der Waals surface area (Å²) in [5, 5.41) is 0. The number of benzene rings is 3. The van der Waals surface area contributed by atoms with Crippen LogP contribution in [0.15, 0.2) is 47.4 Å². The first-order valence-corrected chi connectivity index (χ1v) is 16.5. The molecule has 0 saturated carbocycles. The van der Waals surface area contributed by atoms with Gasteiger partial charge in [0.2, 0.25) is 0 Å². The normalized spacial score (nSPS) is 13.9. The van der Waals surface area contributed by atoms with E-state index in [1.165, 1.54) is 49.1 Å². The van der Waals surface area contributed by atoms with Crippen molar-refractivity contribution in [1.82, 2.24) is 4.31 Å². The summed E-state index contributed by atoms with van der Waals surface area (Å²) < 4.78 is 33.4. The minimum atomic E-state index is -3.59. The van der Waals surface area contributed by atoms with Gasteiger partial charge >= 0.3 is 249 Å². The Morgan fingerprint density at radius 2 is 1.27 bits per heavy atom. The number of aryl methyl sites for hydroxylation is 6. The molecular weight excluding hydrogens is 549 g/mol. The molecule has 218 valence electrons. The van der Waals surface area contributed by atoms with Gasteiger partial charge in [-0.1, -0.05) is 0 Å². The molecule has 0 N–H and O–H groups in total. The SMILES string of the molecule is Cc1cc(C)c(N2CCN(c3c(C)cc(C)cc3C)C2=[P+]=Cc2cc(S(=O)(=O)N(C)C)ccc2OC(C)C)c(C)c1. The first-order valence-electron chi connectivity index (χ1n) is 14.1. The van der Waals surface area contributed by atoms with Crippen LogP contribution < -0.4 is 14.5 Å². The Morgan fingerprint density at radius 1 is 0.805 bits per heavy atom. The van der Waals surface area contributed by atoms with Gasteiger partial charge in [0.05, 0.1) is 0 Å². The standard InChI is InChI=1S/C33H43N3O3PS/c1-21(2)39-30-12-11-29(41(37,38)34(9)10)19-28(30)20-40-33-35(31-24(5)15-22(3)16-25(31)6)13-14-36(33)32-26(7)17-23(4)18-27(32)8/h11-12,15-21H,13-14H2,1-10H3/q+1. The van der Waals surface area contributed by atoms with E-state index < -0.39 is 10.0 Å². The van der Waals surface area contributed by atoms with E-state index in [0.717, 1.165) is 32.0 Å². The molecule has 0 aromatic heterocycles. The van der Waals surface area contributed by atoms with Crippen LogP contribution in [0.1, 0.15) is 52.8 Å². The third-order valence-corrected chi connectivity index (χ3v) is 10.2. The van der Waals surface area contributed by atoms with E-state index in [2.05, 4.69) is 81.4 Å². The van der Waals surface area contributed by atoms with Crippen molar-refractivity contribution >= 4 is 40.6 Å². The van der Waals surface area contributed by atoms with E-state index in [-0.39, 0.29) is 11.0 Å². The van der Waals surface area contributed by atoms with Crippen LogP contribution in [0.3, 0.4) is 0 Å². The van der Waals surface area contributed by atoms with Crippen LogP contribution >= 0.6 is 7.83 Å². The second-order valence-corrected chi connectivity index (χ2v) is 14.6. The number of ether oxygens (including phenoxy) is 1. The zero-order chi connectivity index (χ0) is 30.2. The van der Waals surface area contributed by atoms with Gasteiger partial charge in [-0.25, -0.2) is 0 Å². The molecular formula is C33H43N3O3PS+. The molecule has 0 amide bonds. The van der Waals surface area contributed by atoms with Gasteiger partial charge in [-0.15, -0.1) is 0 Å². The summed E-state index contributed by atoms with van der Waals surface area (Å²) >= 11 is 0. The van der Waals surface area contributed by atoms with Crippen molar-refractivity contribution in [2.45, 2.75) is 66.4 Å². The van der Waals surface area contributed by atoms with Crippen molar-refractivity contribution in [3.05, 3.63) is 81.4 Å². The quantitative estimate of drug-likeness (QED) is 0.283. The van der Waals surface area contributed by atoms with E-state index in [9.17, 15) is 8.42 Å². The predicted molar refractivity (Wildman–Crippen MR) is 176 cm³/mol. The van der Waals surface area contributed by atoms with Crippen LogP contribution in [-0.4, -0.2) is 57.3 Å². The summed E-state index contributed by atoms with van der Waals surface area (Å²) in [7, 11) is 0.458.